The molecule has 1 amide bonds. The monoisotopic (exact) mass is 261 g/mol. The number of nitrogens with one attached hydrogen (secondary N) is 1. The van der Waals surface area contributed by atoms with Crippen molar-refractivity contribution in [2.24, 2.45) is 0 Å². The number of halogens is 3. The molecule has 0 radical (unpaired) electrons. The molecule has 0 saturated carbocycles. The molecule has 0 unspecified atom stereocenters. The second kappa shape index (κ2) is 6.39. The summed E-state index contributed by atoms with van der Waals surface area (Å²) < 4.78 is 40.0. The maximum atomic E-state index is 11.9. The van der Waals surface area contributed by atoms with E-state index in [0.29, 0.717) is 0 Å². The molecule has 0 fully saturated rings. The smallest absolute Gasteiger partial charge is 0.359 e. The highest BCUT2D eigenvalue weighted by Crippen LogP contribution is 2.15. The maximum Gasteiger partial charge on any atom is 0.411 e. The molecule has 1 aromatic rings. The minimum absolute atomic E-state index is 0.263. The third kappa shape index (κ3) is 5.67. The SMILES string of the molecule is C[C@@H](OCC(F)(F)F)C(=O)NCc1ccccc1. The molecule has 0 aliphatic rings. The highest BCUT2D eigenvalue weighted by Gasteiger charge is 2.29. The van der Waals surface area contributed by atoms with Gasteiger partial charge in [0.2, 0.25) is 5.91 Å². The van der Waals surface area contributed by atoms with E-state index in [2.05, 4.69) is 10.1 Å². The van der Waals surface area contributed by atoms with Gasteiger partial charge in [-0.05, 0) is 12.5 Å². The van der Waals surface area contributed by atoms with Gasteiger partial charge in [-0.1, -0.05) is 30.3 Å². The second-order valence-corrected chi connectivity index (χ2v) is 3.77. The topological polar surface area (TPSA) is 38.3 Å². The summed E-state index contributed by atoms with van der Waals surface area (Å²) >= 11 is 0. The third-order valence-electron chi connectivity index (χ3n) is 2.18. The zero-order valence-electron chi connectivity index (χ0n) is 9.83. The van der Waals surface area contributed by atoms with Crippen molar-refractivity contribution in [2.45, 2.75) is 25.7 Å². The molecule has 0 bridgehead atoms. The van der Waals surface area contributed by atoms with E-state index in [1.54, 1.807) is 0 Å². The van der Waals surface area contributed by atoms with Crippen LogP contribution in [0.5, 0.6) is 0 Å². The first kappa shape index (κ1) is 14.5. The molecule has 1 aromatic carbocycles. The molecule has 0 aliphatic carbocycles. The first-order chi connectivity index (χ1) is 8.38. The minimum atomic E-state index is -4.42. The Bertz CT molecular complexity index is 379. The van der Waals surface area contributed by atoms with E-state index in [9.17, 15) is 18.0 Å². The van der Waals surface area contributed by atoms with Crippen molar-refractivity contribution >= 4 is 5.91 Å². The van der Waals surface area contributed by atoms with Gasteiger partial charge >= 0.3 is 6.18 Å². The van der Waals surface area contributed by atoms with Crippen LogP contribution >= 0.6 is 0 Å². The quantitative estimate of drug-likeness (QED) is 0.883. The normalized spacial score (nSPS) is 13.1. The second-order valence-electron chi connectivity index (χ2n) is 3.77. The lowest BCUT2D eigenvalue weighted by molar-refractivity contribution is -0.185. The van der Waals surface area contributed by atoms with Gasteiger partial charge in [-0.3, -0.25) is 4.79 Å². The van der Waals surface area contributed by atoms with Gasteiger partial charge in [0.1, 0.15) is 12.7 Å². The van der Waals surface area contributed by atoms with Gasteiger partial charge in [0.15, 0.2) is 0 Å². The van der Waals surface area contributed by atoms with E-state index < -0.39 is 24.8 Å². The molecule has 0 spiro atoms. The van der Waals surface area contributed by atoms with E-state index in [1.807, 2.05) is 30.3 Å². The highest BCUT2D eigenvalue weighted by atomic mass is 19.4. The van der Waals surface area contributed by atoms with Crippen molar-refractivity contribution in [3.05, 3.63) is 35.9 Å². The fraction of sp³-hybridized carbons (Fsp3) is 0.417. The summed E-state index contributed by atoms with van der Waals surface area (Å²) in [5.74, 6) is -0.567. The Labute approximate surface area is 103 Å². The number of ether oxygens (including phenoxy) is 1. The molecule has 100 valence electrons. The van der Waals surface area contributed by atoms with Gasteiger partial charge in [0.05, 0.1) is 0 Å². The summed E-state index contributed by atoms with van der Waals surface area (Å²) in [6.07, 6.45) is -5.55. The van der Waals surface area contributed by atoms with Crippen molar-refractivity contribution in [3.63, 3.8) is 0 Å². The summed E-state index contributed by atoms with van der Waals surface area (Å²) in [5, 5.41) is 2.50. The molecular formula is C12H14F3NO2. The average Bonchev–Trinajstić information content (AvgIpc) is 2.33. The van der Waals surface area contributed by atoms with Crippen LogP contribution < -0.4 is 5.32 Å². The van der Waals surface area contributed by atoms with Gasteiger partial charge in [0.25, 0.3) is 0 Å². The lowest BCUT2D eigenvalue weighted by Crippen LogP contribution is -2.36. The number of rotatable bonds is 5. The van der Waals surface area contributed by atoms with Crippen molar-refractivity contribution in [3.8, 4) is 0 Å². The lowest BCUT2D eigenvalue weighted by atomic mass is 10.2. The predicted molar refractivity (Wildman–Crippen MR) is 59.8 cm³/mol. The van der Waals surface area contributed by atoms with Crippen LogP contribution in [0.2, 0.25) is 0 Å². The van der Waals surface area contributed by atoms with Gasteiger partial charge in [-0.25, -0.2) is 0 Å². The Kier molecular flexibility index (Phi) is 5.15. The number of carbonyl (C=O) groups is 1. The maximum absolute atomic E-state index is 11.9. The Morgan fingerprint density at radius 3 is 2.50 bits per heavy atom. The number of carbonyl (C=O) groups excluding carboxylic acids is 1. The van der Waals surface area contributed by atoms with Gasteiger partial charge in [-0.15, -0.1) is 0 Å². The number of amides is 1. The summed E-state index contributed by atoms with van der Waals surface area (Å²) in [6, 6.07) is 9.07. The fourth-order valence-electron chi connectivity index (χ4n) is 1.22. The minimum Gasteiger partial charge on any atom is -0.359 e. The summed E-state index contributed by atoms with van der Waals surface area (Å²) in [4.78, 5) is 11.4. The van der Waals surface area contributed by atoms with E-state index in [-0.39, 0.29) is 6.54 Å². The molecule has 18 heavy (non-hydrogen) atoms. The molecule has 0 aromatic heterocycles. The average molecular weight is 261 g/mol. The molecule has 1 N–H and O–H groups in total. The van der Waals surface area contributed by atoms with Crippen LogP contribution in [-0.4, -0.2) is 24.8 Å². The van der Waals surface area contributed by atoms with Crippen LogP contribution in [0.25, 0.3) is 0 Å². The molecule has 0 saturated heterocycles. The van der Waals surface area contributed by atoms with Crippen molar-refractivity contribution in [1.82, 2.24) is 5.32 Å². The Morgan fingerprint density at radius 1 is 1.33 bits per heavy atom. The largest absolute Gasteiger partial charge is 0.411 e. The Balaban J connectivity index is 2.32. The zero-order valence-corrected chi connectivity index (χ0v) is 9.83. The van der Waals surface area contributed by atoms with Crippen LogP contribution in [-0.2, 0) is 16.1 Å². The first-order valence-electron chi connectivity index (χ1n) is 5.38. The van der Waals surface area contributed by atoms with Crippen molar-refractivity contribution in [2.75, 3.05) is 6.61 Å². The van der Waals surface area contributed by atoms with E-state index in [0.717, 1.165) is 5.56 Å². The molecule has 6 heteroatoms. The van der Waals surface area contributed by atoms with Crippen molar-refractivity contribution in [1.29, 1.82) is 0 Å². The zero-order chi connectivity index (χ0) is 13.6. The summed E-state index contributed by atoms with van der Waals surface area (Å²) in [7, 11) is 0. The van der Waals surface area contributed by atoms with Crippen molar-refractivity contribution < 1.29 is 22.7 Å². The molecule has 1 rings (SSSR count). The first-order valence-corrected chi connectivity index (χ1v) is 5.38. The standard InChI is InChI=1S/C12H14F3NO2/c1-9(18-8-12(13,14)15)11(17)16-7-10-5-3-2-4-6-10/h2-6,9H,7-8H2,1H3,(H,16,17)/t9-/m1/s1. The van der Waals surface area contributed by atoms with Crippen LogP contribution in [0.15, 0.2) is 30.3 Å². The van der Waals surface area contributed by atoms with Gasteiger partial charge in [0, 0.05) is 6.54 Å². The molecule has 3 nitrogen and oxygen atoms in total. The third-order valence-corrected chi connectivity index (χ3v) is 2.18. The van der Waals surface area contributed by atoms with Gasteiger partial charge < -0.3 is 10.1 Å². The molecule has 0 heterocycles. The van der Waals surface area contributed by atoms with Crippen LogP contribution in [0.1, 0.15) is 12.5 Å². The highest BCUT2D eigenvalue weighted by molar-refractivity contribution is 5.80. The number of alkyl halides is 3. The lowest BCUT2D eigenvalue weighted by Gasteiger charge is -2.14. The van der Waals surface area contributed by atoms with Crippen LogP contribution in [0.3, 0.4) is 0 Å². The van der Waals surface area contributed by atoms with Crippen LogP contribution in [0, 0.1) is 0 Å². The van der Waals surface area contributed by atoms with E-state index in [4.69, 9.17) is 0 Å². The summed E-state index contributed by atoms with van der Waals surface area (Å²) in [5.41, 5.74) is 0.869. The molecule has 0 aliphatic heterocycles. The molecular weight excluding hydrogens is 247 g/mol. The Hall–Kier alpha value is -1.56. The number of hydrogen-bond acceptors (Lipinski definition) is 2. The van der Waals surface area contributed by atoms with Crippen LogP contribution in [0.4, 0.5) is 13.2 Å². The number of benzene rings is 1. The van der Waals surface area contributed by atoms with Gasteiger partial charge in [-0.2, -0.15) is 13.2 Å². The summed E-state index contributed by atoms with van der Waals surface area (Å²) in [6.45, 7) is 0.123. The van der Waals surface area contributed by atoms with E-state index >= 15 is 0 Å². The molecule has 1 atom stereocenters. The number of hydrogen-bond donors (Lipinski definition) is 1. The Morgan fingerprint density at radius 2 is 1.94 bits per heavy atom. The van der Waals surface area contributed by atoms with E-state index in [1.165, 1.54) is 6.92 Å². The fourth-order valence-corrected chi connectivity index (χ4v) is 1.22. The predicted octanol–water partition coefficient (Wildman–Crippen LogP) is 2.27.